The van der Waals surface area contributed by atoms with Gasteiger partial charge in [0.25, 0.3) is 0 Å². The number of fused-ring (bicyclic) bond motifs is 2. The zero-order chi connectivity index (χ0) is 13.2. The highest BCUT2D eigenvalue weighted by atomic mass is 16.6. The fourth-order valence-corrected chi connectivity index (χ4v) is 2.92. The minimum Gasteiger partial charge on any atom is -0.450 e. The van der Waals surface area contributed by atoms with Crippen LogP contribution in [0.25, 0.3) is 5.57 Å². The summed E-state index contributed by atoms with van der Waals surface area (Å²) in [5, 5.41) is 0. The average molecular weight is 259 g/mol. The van der Waals surface area contributed by atoms with E-state index in [4.69, 9.17) is 4.74 Å². The maximum absolute atomic E-state index is 11.9. The Bertz CT molecular complexity index is 501. The van der Waals surface area contributed by atoms with Gasteiger partial charge in [-0.05, 0) is 25.3 Å². The molecule has 0 aromatic carbocycles. The number of carbonyl (C=O) groups is 1. The van der Waals surface area contributed by atoms with Gasteiger partial charge in [0.15, 0.2) is 0 Å². The van der Waals surface area contributed by atoms with Gasteiger partial charge in [0.1, 0.15) is 0 Å². The van der Waals surface area contributed by atoms with E-state index in [-0.39, 0.29) is 12.1 Å². The van der Waals surface area contributed by atoms with Crippen molar-refractivity contribution in [2.45, 2.75) is 25.8 Å². The summed E-state index contributed by atoms with van der Waals surface area (Å²) in [5.41, 5.74) is 2.16. The number of rotatable bonds is 2. The molecule has 2 atom stereocenters. The zero-order valence-electron chi connectivity index (χ0n) is 11.0. The summed E-state index contributed by atoms with van der Waals surface area (Å²) < 4.78 is 5.10. The van der Waals surface area contributed by atoms with E-state index < -0.39 is 0 Å². The van der Waals surface area contributed by atoms with Crippen LogP contribution in [0.4, 0.5) is 4.79 Å². The third-order valence-electron chi connectivity index (χ3n) is 3.80. The molecule has 5 heteroatoms. The second kappa shape index (κ2) is 4.99. The zero-order valence-corrected chi connectivity index (χ0v) is 11.0. The Morgan fingerprint density at radius 2 is 2.37 bits per heavy atom. The lowest BCUT2D eigenvalue weighted by Gasteiger charge is -2.43. The third-order valence-corrected chi connectivity index (χ3v) is 3.80. The van der Waals surface area contributed by atoms with Crippen molar-refractivity contribution in [2.75, 3.05) is 13.2 Å². The predicted octanol–water partition coefficient (Wildman–Crippen LogP) is 2.11. The van der Waals surface area contributed by atoms with Crippen LogP contribution < -0.4 is 0 Å². The van der Waals surface area contributed by atoms with E-state index in [2.05, 4.69) is 16.0 Å². The summed E-state index contributed by atoms with van der Waals surface area (Å²) in [5.74, 6) is 0.353. The Balaban J connectivity index is 1.84. The van der Waals surface area contributed by atoms with Gasteiger partial charge in [0, 0.05) is 24.9 Å². The van der Waals surface area contributed by atoms with Gasteiger partial charge < -0.3 is 9.64 Å². The van der Waals surface area contributed by atoms with Crippen molar-refractivity contribution in [2.24, 2.45) is 5.92 Å². The number of hydrogen-bond acceptors (Lipinski definition) is 4. The minimum atomic E-state index is -0.202. The molecule has 2 bridgehead atoms. The number of amides is 1. The standard InChI is InChI=1S/C14H17N3O2/c1-2-19-14(18)17-9-10-3-4-11(17)7-12(10)13-8-15-5-6-16-13/h5-8,10-11H,2-4,9H2,1H3. The van der Waals surface area contributed by atoms with Gasteiger partial charge >= 0.3 is 6.09 Å². The first-order chi connectivity index (χ1) is 9.29. The maximum Gasteiger partial charge on any atom is 0.410 e. The van der Waals surface area contributed by atoms with Gasteiger partial charge in [-0.3, -0.25) is 9.97 Å². The molecule has 1 saturated heterocycles. The maximum atomic E-state index is 11.9. The van der Waals surface area contributed by atoms with E-state index in [0.717, 1.165) is 25.1 Å². The molecule has 0 radical (unpaired) electrons. The topological polar surface area (TPSA) is 55.3 Å². The number of nitrogens with zero attached hydrogens (tertiary/aromatic N) is 3. The molecule has 0 saturated carbocycles. The van der Waals surface area contributed by atoms with Crippen molar-refractivity contribution in [3.8, 4) is 0 Å². The molecule has 3 heterocycles. The fourth-order valence-electron chi connectivity index (χ4n) is 2.92. The molecule has 3 aliphatic rings. The molecule has 1 aromatic rings. The SMILES string of the molecule is CCOC(=O)N1CC2CCC1C=C2c1cnccn1. The van der Waals surface area contributed by atoms with Crippen LogP contribution in [0.1, 0.15) is 25.5 Å². The minimum absolute atomic E-state index is 0.140. The van der Waals surface area contributed by atoms with E-state index in [1.807, 2.05) is 11.8 Å². The van der Waals surface area contributed by atoms with Crippen LogP contribution in [-0.4, -0.2) is 40.2 Å². The second-order valence-corrected chi connectivity index (χ2v) is 4.91. The molecule has 1 amide bonds. The van der Waals surface area contributed by atoms with Crippen LogP contribution in [0.3, 0.4) is 0 Å². The van der Waals surface area contributed by atoms with E-state index in [1.165, 1.54) is 5.57 Å². The molecule has 5 nitrogen and oxygen atoms in total. The highest BCUT2D eigenvalue weighted by Gasteiger charge is 2.38. The van der Waals surface area contributed by atoms with Gasteiger partial charge in [0.2, 0.25) is 0 Å². The molecule has 2 aliphatic heterocycles. The first kappa shape index (κ1) is 12.1. The number of piperidine rings is 1. The highest BCUT2D eigenvalue weighted by molar-refractivity contribution is 5.74. The molecule has 4 rings (SSSR count). The van der Waals surface area contributed by atoms with Crippen molar-refractivity contribution < 1.29 is 9.53 Å². The number of aromatic nitrogens is 2. The normalized spacial score (nSPS) is 25.1. The smallest absolute Gasteiger partial charge is 0.410 e. The van der Waals surface area contributed by atoms with Crippen LogP contribution in [0.15, 0.2) is 24.7 Å². The summed E-state index contributed by atoms with van der Waals surface area (Å²) in [7, 11) is 0. The monoisotopic (exact) mass is 259 g/mol. The largest absolute Gasteiger partial charge is 0.450 e. The second-order valence-electron chi connectivity index (χ2n) is 4.91. The van der Waals surface area contributed by atoms with E-state index in [0.29, 0.717) is 12.5 Å². The molecule has 19 heavy (non-hydrogen) atoms. The molecule has 100 valence electrons. The molecule has 0 N–H and O–H groups in total. The summed E-state index contributed by atoms with van der Waals surface area (Å²) in [4.78, 5) is 22.2. The molecule has 1 fully saturated rings. The van der Waals surface area contributed by atoms with Gasteiger partial charge in [-0.2, -0.15) is 0 Å². The molecule has 0 spiro atoms. The Labute approximate surface area is 112 Å². The lowest BCUT2D eigenvalue weighted by Crippen LogP contribution is -2.49. The Hall–Kier alpha value is -1.91. The van der Waals surface area contributed by atoms with E-state index in [9.17, 15) is 4.79 Å². The van der Waals surface area contributed by atoms with Crippen LogP contribution in [-0.2, 0) is 4.74 Å². The average Bonchev–Trinajstić information content (AvgIpc) is 2.49. The van der Waals surface area contributed by atoms with E-state index in [1.54, 1.807) is 18.6 Å². The molecule has 2 unspecified atom stereocenters. The highest BCUT2D eigenvalue weighted by Crippen LogP contribution is 2.39. The molecular weight excluding hydrogens is 242 g/mol. The lowest BCUT2D eigenvalue weighted by atomic mass is 9.79. The molecular formula is C14H17N3O2. The van der Waals surface area contributed by atoms with Gasteiger partial charge in [0.05, 0.1) is 24.5 Å². The Morgan fingerprint density at radius 3 is 3.00 bits per heavy atom. The van der Waals surface area contributed by atoms with Gasteiger partial charge in [-0.1, -0.05) is 6.08 Å². The lowest BCUT2D eigenvalue weighted by molar-refractivity contribution is 0.0759. The summed E-state index contributed by atoms with van der Waals surface area (Å²) >= 11 is 0. The van der Waals surface area contributed by atoms with Crippen molar-refractivity contribution in [1.29, 1.82) is 0 Å². The molecule has 1 aromatic heterocycles. The van der Waals surface area contributed by atoms with Crippen LogP contribution >= 0.6 is 0 Å². The van der Waals surface area contributed by atoms with Crippen molar-refractivity contribution >= 4 is 11.7 Å². The van der Waals surface area contributed by atoms with Crippen LogP contribution in [0.2, 0.25) is 0 Å². The van der Waals surface area contributed by atoms with Gasteiger partial charge in [-0.15, -0.1) is 0 Å². The Morgan fingerprint density at radius 1 is 1.47 bits per heavy atom. The first-order valence-electron chi connectivity index (χ1n) is 6.71. The summed E-state index contributed by atoms with van der Waals surface area (Å²) in [6, 6.07) is 0.140. The summed E-state index contributed by atoms with van der Waals surface area (Å²) in [6.45, 7) is 2.99. The molecule has 1 aliphatic carbocycles. The van der Waals surface area contributed by atoms with Gasteiger partial charge in [-0.25, -0.2) is 4.79 Å². The van der Waals surface area contributed by atoms with Crippen molar-refractivity contribution in [3.63, 3.8) is 0 Å². The number of ether oxygens (including phenoxy) is 1. The van der Waals surface area contributed by atoms with Crippen LogP contribution in [0, 0.1) is 5.92 Å². The van der Waals surface area contributed by atoms with Crippen LogP contribution in [0.5, 0.6) is 0 Å². The quantitative estimate of drug-likeness (QED) is 0.816. The summed E-state index contributed by atoms with van der Waals surface area (Å²) in [6.07, 6.45) is 9.24. The first-order valence-corrected chi connectivity index (χ1v) is 6.71. The Kier molecular flexibility index (Phi) is 3.19. The fraction of sp³-hybridized carbons (Fsp3) is 0.500. The predicted molar refractivity (Wildman–Crippen MR) is 70.2 cm³/mol. The van der Waals surface area contributed by atoms with Crippen molar-refractivity contribution in [3.05, 3.63) is 30.4 Å². The number of carbonyl (C=O) groups excluding carboxylic acids is 1. The third kappa shape index (κ3) is 2.20. The van der Waals surface area contributed by atoms with E-state index >= 15 is 0 Å². The number of hydrogen-bond donors (Lipinski definition) is 0. The van der Waals surface area contributed by atoms with Crippen molar-refractivity contribution in [1.82, 2.24) is 14.9 Å².